The maximum Gasteiger partial charge on any atom is 0.165 e. The summed E-state index contributed by atoms with van der Waals surface area (Å²) in [5.41, 5.74) is 7.14. The Hall–Kier alpha value is -1.52. The maximum atomic E-state index is 6.22. The molecule has 2 N–H and O–H groups in total. The van der Waals surface area contributed by atoms with Gasteiger partial charge in [0.05, 0.1) is 0 Å². The van der Waals surface area contributed by atoms with E-state index in [2.05, 4.69) is 26.0 Å². The number of hydrogen-bond donors (Lipinski definition) is 1. The highest BCUT2D eigenvalue weighted by Crippen LogP contribution is 2.43. The molecular weight excluding hydrogens is 282 g/mol. The smallest absolute Gasteiger partial charge is 0.165 e. The van der Waals surface area contributed by atoms with Gasteiger partial charge in [-0.25, -0.2) is 0 Å². The van der Waals surface area contributed by atoms with Crippen molar-refractivity contribution >= 4 is 11.3 Å². The molecule has 3 rings (SSSR count). The molecule has 1 aliphatic rings. The number of para-hydroxylation sites is 1. The molecule has 112 valence electrons. The third kappa shape index (κ3) is 2.92. The van der Waals surface area contributed by atoms with Crippen LogP contribution in [-0.2, 0) is 6.42 Å². The van der Waals surface area contributed by atoms with E-state index in [1.807, 2.05) is 30.5 Å². The second kappa shape index (κ2) is 5.35. The summed E-state index contributed by atoms with van der Waals surface area (Å²) in [7, 11) is 0. The number of fused-ring (bicyclic) bond motifs is 1. The number of thiophene rings is 1. The zero-order chi connectivity index (χ0) is 15.0. The minimum atomic E-state index is -0.172. The van der Waals surface area contributed by atoms with Gasteiger partial charge in [-0.05, 0) is 38.3 Å². The van der Waals surface area contributed by atoms with Crippen molar-refractivity contribution in [2.75, 3.05) is 0 Å². The zero-order valence-electron chi connectivity index (χ0n) is 12.6. The molecule has 2 unspecified atom stereocenters. The van der Waals surface area contributed by atoms with Gasteiger partial charge in [0.2, 0.25) is 0 Å². The molecule has 21 heavy (non-hydrogen) atoms. The van der Waals surface area contributed by atoms with Crippen LogP contribution in [0.3, 0.4) is 0 Å². The molecule has 2 heterocycles. The van der Waals surface area contributed by atoms with E-state index in [4.69, 9.17) is 15.2 Å². The van der Waals surface area contributed by atoms with E-state index in [1.54, 1.807) is 11.3 Å². The molecule has 2 atom stereocenters. The van der Waals surface area contributed by atoms with Crippen LogP contribution in [-0.4, -0.2) is 11.6 Å². The lowest BCUT2D eigenvalue weighted by molar-refractivity contribution is 0.122. The molecule has 0 saturated carbocycles. The molecule has 4 heteroatoms. The van der Waals surface area contributed by atoms with Gasteiger partial charge < -0.3 is 15.2 Å². The first-order valence-corrected chi connectivity index (χ1v) is 8.11. The van der Waals surface area contributed by atoms with Gasteiger partial charge in [0.1, 0.15) is 11.7 Å². The van der Waals surface area contributed by atoms with Crippen molar-refractivity contribution in [2.45, 2.75) is 44.9 Å². The third-order valence-electron chi connectivity index (χ3n) is 3.61. The van der Waals surface area contributed by atoms with Gasteiger partial charge in [-0.3, -0.25) is 0 Å². The SMILES string of the molecule is CC(N)C(Oc1cccc2c1OC(C)(C)C2)c1cccs1. The molecule has 3 nitrogen and oxygen atoms in total. The molecule has 1 aliphatic heterocycles. The van der Waals surface area contributed by atoms with E-state index >= 15 is 0 Å². The maximum absolute atomic E-state index is 6.22. The summed E-state index contributed by atoms with van der Waals surface area (Å²) < 4.78 is 12.3. The van der Waals surface area contributed by atoms with Crippen molar-refractivity contribution in [3.63, 3.8) is 0 Å². The standard InChI is InChI=1S/C17H21NO2S/c1-11(18)15(14-8-5-9-21-14)19-13-7-4-6-12-10-17(2,3)20-16(12)13/h4-9,11,15H,10,18H2,1-3H3. The van der Waals surface area contributed by atoms with Gasteiger partial charge in [0.25, 0.3) is 0 Å². The van der Waals surface area contributed by atoms with Crippen LogP contribution in [0.1, 0.15) is 37.3 Å². The fourth-order valence-electron chi connectivity index (χ4n) is 2.69. The van der Waals surface area contributed by atoms with Crippen LogP contribution in [0.15, 0.2) is 35.7 Å². The van der Waals surface area contributed by atoms with E-state index in [9.17, 15) is 0 Å². The molecule has 0 fully saturated rings. The monoisotopic (exact) mass is 303 g/mol. The minimum absolute atomic E-state index is 0.0890. The average Bonchev–Trinajstić information content (AvgIpc) is 3.01. The molecule has 0 aliphatic carbocycles. The molecular formula is C17H21NO2S. The second-order valence-electron chi connectivity index (χ2n) is 6.20. The van der Waals surface area contributed by atoms with E-state index in [-0.39, 0.29) is 17.7 Å². The minimum Gasteiger partial charge on any atom is -0.483 e. The van der Waals surface area contributed by atoms with Crippen molar-refractivity contribution in [2.24, 2.45) is 5.73 Å². The Morgan fingerprint density at radius 3 is 2.76 bits per heavy atom. The van der Waals surface area contributed by atoms with E-state index in [0.717, 1.165) is 22.8 Å². The van der Waals surface area contributed by atoms with Gasteiger partial charge in [-0.15, -0.1) is 11.3 Å². The molecule has 0 saturated heterocycles. The Morgan fingerprint density at radius 2 is 2.10 bits per heavy atom. The summed E-state index contributed by atoms with van der Waals surface area (Å²) in [5, 5.41) is 2.04. The predicted octanol–water partition coefficient (Wildman–Crippen LogP) is 3.93. The summed E-state index contributed by atoms with van der Waals surface area (Å²) >= 11 is 1.67. The quantitative estimate of drug-likeness (QED) is 0.930. The van der Waals surface area contributed by atoms with Gasteiger partial charge in [-0.2, -0.15) is 0 Å². The van der Waals surface area contributed by atoms with E-state index in [1.165, 1.54) is 5.56 Å². The van der Waals surface area contributed by atoms with Gasteiger partial charge in [-0.1, -0.05) is 18.2 Å². The number of nitrogens with two attached hydrogens (primary N) is 1. The van der Waals surface area contributed by atoms with Crippen LogP contribution in [0.25, 0.3) is 0 Å². The summed E-state index contributed by atoms with van der Waals surface area (Å²) in [6.07, 6.45) is 0.755. The second-order valence-corrected chi connectivity index (χ2v) is 7.18. The Labute approximate surface area is 129 Å². The molecule has 0 amide bonds. The molecule has 2 aromatic rings. The largest absolute Gasteiger partial charge is 0.483 e. The van der Waals surface area contributed by atoms with E-state index < -0.39 is 0 Å². The van der Waals surface area contributed by atoms with Crippen molar-refractivity contribution in [1.29, 1.82) is 0 Å². The van der Waals surface area contributed by atoms with Crippen LogP contribution in [0.4, 0.5) is 0 Å². The number of ether oxygens (including phenoxy) is 2. The van der Waals surface area contributed by atoms with Crippen LogP contribution < -0.4 is 15.2 Å². The predicted molar refractivity (Wildman–Crippen MR) is 86.2 cm³/mol. The Balaban J connectivity index is 1.91. The van der Waals surface area contributed by atoms with Gasteiger partial charge >= 0.3 is 0 Å². The highest BCUT2D eigenvalue weighted by Gasteiger charge is 2.33. The van der Waals surface area contributed by atoms with Crippen molar-refractivity contribution in [3.8, 4) is 11.5 Å². The van der Waals surface area contributed by atoms with Crippen molar-refractivity contribution in [3.05, 3.63) is 46.2 Å². The average molecular weight is 303 g/mol. The summed E-state index contributed by atoms with van der Waals surface area (Å²) in [6, 6.07) is 10.1. The molecule has 0 radical (unpaired) electrons. The van der Waals surface area contributed by atoms with Crippen molar-refractivity contribution < 1.29 is 9.47 Å². The van der Waals surface area contributed by atoms with Gasteiger partial charge in [0.15, 0.2) is 11.5 Å². The first kappa shape index (κ1) is 14.4. The highest BCUT2D eigenvalue weighted by atomic mass is 32.1. The fraction of sp³-hybridized carbons (Fsp3) is 0.412. The normalized spacial score (nSPS) is 18.7. The lowest BCUT2D eigenvalue weighted by atomic mass is 10.0. The van der Waals surface area contributed by atoms with Gasteiger partial charge in [0, 0.05) is 22.9 Å². The molecule has 0 bridgehead atoms. The highest BCUT2D eigenvalue weighted by molar-refractivity contribution is 7.10. The first-order valence-electron chi connectivity index (χ1n) is 7.23. The summed E-state index contributed by atoms with van der Waals surface area (Å²) in [5.74, 6) is 1.65. The van der Waals surface area contributed by atoms with Crippen molar-refractivity contribution in [1.82, 2.24) is 0 Å². The molecule has 1 aromatic heterocycles. The lowest BCUT2D eigenvalue weighted by Gasteiger charge is -2.23. The molecule has 0 spiro atoms. The lowest BCUT2D eigenvalue weighted by Crippen LogP contribution is -2.28. The fourth-order valence-corrected chi connectivity index (χ4v) is 3.56. The number of benzene rings is 1. The Bertz CT molecular complexity index is 620. The first-order chi connectivity index (χ1) is 9.96. The summed E-state index contributed by atoms with van der Waals surface area (Å²) in [6.45, 7) is 6.16. The summed E-state index contributed by atoms with van der Waals surface area (Å²) in [4.78, 5) is 1.14. The zero-order valence-corrected chi connectivity index (χ0v) is 13.4. The van der Waals surface area contributed by atoms with Crippen LogP contribution >= 0.6 is 11.3 Å². The van der Waals surface area contributed by atoms with Crippen LogP contribution in [0, 0.1) is 0 Å². The number of rotatable bonds is 4. The molecule has 1 aromatic carbocycles. The topological polar surface area (TPSA) is 44.5 Å². The third-order valence-corrected chi connectivity index (χ3v) is 4.54. The van der Waals surface area contributed by atoms with E-state index in [0.29, 0.717) is 0 Å². The Kier molecular flexibility index (Phi) is 3.68. The van der Waals surface area contributed by atoms with Crippen LogP contribution in [0.5, 0.6) is 11.5 Å². The van der Waals surface area contributed by atoms with Crippen LogP contribution in [0.2, 0.25) is 0 Å². The number of hydrogen-bond acceptors (Lipinski definition) is 4. The Morgan fingerprint density at radius 1 is 1.29 bits per heavy atom.